The lowest BCUT2D eigenvalue weighted by molar-refractivity contribution is -0.121. The molecule has 0 aliphatic rings. The number of hydrogen-bond donors (Lipinski definition) is 2. The second-order valence-electron chi connectivity index (χ2n) is 5.15. The molecular formula is C15H25ClN2O2. The number of methoxy groups -OCH3 is 1. The van der Waals surface area contributed by atoms with Crippen molar-refractivity contribution < 1.29 is 9.53 Å². The first kappa shape index (κ1) is 18.7. The summed E-state index contributed by atoms with van der Waals surface area (Å²) >= 11 is 0. The van der Waals surface area contributed by atoms with E-state index in [4.69, 9.17) is 10.5 Å². The molecule has 1 atom stereocenters. The SMILES string of the molecule is COc1ccc(CC(=O)NC(CN)CC(C)C)cc1.Cl. The molecule has 1 unspecified atom stereocenters. The Bertz CT molecular complexity index is 393. The fourth-order valence-corrected chi connectivity index (χ4v) is 1.99. The van der Waals surface area contributed by atoms with E-state index in [1.54, 1.807) is 7.11 Å². The van der Waals surface area contributed by atoms with Crippen LogP contribution in [-0.4, -0.2) is 25.6 Å². The van der Waals surface area contributed by atoms with Gasteiger partial charge in [-0.05, 0) is 30.0 Å². The predicted octanol–water partition coefficient (Wildman–Crippen LogP) is 2.15. The summed E-state index contributed by atoms with van der Waals surface area (Å²) in [5.74, 6) is 1.33. The monoisotopic (exact) mass is 300 g/mol. The standard InChI is InChI=1S/C15H24N2O2.ClH/c1-11(2)8-13(10-16)17-15(18)9-12-4-6-14(19-3)7-5-12;/h4-7,11,13H,8-10,16H2,1-3H3,(H,17,18);1H. The summed E-state index contributed by atoms with van der Waals surface area (Å²) in [5.41, 5.74) is 6.64. The van der Waals surface area contributed by atoms with Crippen LogP contribution in [0.4, 0.5) is 0 Å². The van der Waals surface area contributed by atoms with Crippen LogP contribution in [0.1, 0.15) is 25.8 Å². The number of nitrogens with one attached hydrogen (secondary N) is 1. The van der Waals surface area contributed by atoms with Gasteiger partial charge in [-0.15, -0.1) is 12.4 Å². The maximum atomic E-state index is 11.9. The fourth-order valence-electron chi connectivity index (χ4n) is 1.99. The van der Waals surface area contributed by atoms with E-state index in [2.05, 4.69) is 19.2 Å². The largest absolute Gasteiger partial charge is 0.497 e. The molecule has 114 valence electrons. The van der Waals surface area contributed by atoms with E-state index in [1.165, 1.54) is 0 Å². The molecule has 0 bridgehead atoms. The van der Waals surface area contributed by atoms with Crippen molar-refractivity contribution in [1.82, 2.24) is 5.32 Å². The smallest absolute Gasteiger partial charge is 0.224 e. The van der Waals surface area contributed by atoms with Gasteiger partial charge in [-0.1, -0.05) is 26.0 Å². The van der Waals surface area contributed by atoms with Gasteiger partial charge in [0, 0.05) is 12.6 Å². The summed E-state index contributed by atoms with van der Waals surface area (Å²) in [6, 6.07) is 7.58. The molecule has 3 N–H and O–H groups in total. The van der Waals surface area contributed by atoms with Crippen molar-refractivity contribution in [3.63, 3.8) is 0 Å². The van der Waals surface area contributed by atoms with E-state index >= 15 is 0 Å². The first-order valence-electron chi connectivity index (χ1n) is 6.67. The van der Waals surface area contributed by atoms with Crippen molar-refractivity contribution in [3.05, 3.63) is 29.8 Å². The van der Waals surface area contributed by atoms with Crippen LogP contribution in [-0.2, 0) is 11.2 Å². The molecule has 1 amide bonds. The lowest BCUT2D eigenvalue weighted by Gasteiger charge is -2.18. The zero-order chi connectivity index (χ0) is 14.3. The fraction of sp³-hybridized carbons (Fsp3) is 0.533. The van der Waals surface area contributed by atoms with Gasteiger partial charge in [0.15, 0.2) is 0 Å². The van der Waals surface area contributed by atoms with Crippen LogP contribution >= 0.6 is 12.4 Å². The first-order chi connectivity index (χ1) is 9.05. The molecular weight excluding hydrogens is 276 g/mol. The number of carbonyl (C=O) groups is 1. The summed E-state index contributed by atoms with van der Waals surface area (Å²) in [7, 11) is 1.62. The molecule has 0 fully saturated rings. The molecule has 20 heavy (non-hydrogen) atoms. The van der Waals surface area contributed by atoms with Gasteiger partial charge in [0.1, 0.15) is 5.75 Å². The van der Waals surface area contributed by atoms with Crippen LogP contribution in [0, 0.1) is 5.92 Å². The van der Waals surface area contributed by atoms with Crippen LogP contribution < -0.4 is 15.8 Å². The van der Waals surface area contributed by atoms with E-state index < -0.39 is 0 Å². The molecule has 0 radical (unpaired) electrons. The van der Waals surface area contributed by atoms with Crippen molar-refractivity contribution in [2.24, 2.45) is 11.7 Å². The van der Waals surface area contributed by atoms with Gasteiger partial charge in [0.25, 0.3) is 0 Å². The minimum Gasteiger partial charge on any atom is -0.497 e. The Labute approximate surface area is 127 Å². The van der Waals surface area contributed by atoms with Crippen molar-refractivity contribution in [2.75, 3.05) is 13.7 Å². The van der Waals surface area contributed by atoms with E-state index in [9.17, 15) is 4.79 Å². The molecule has 0 spiro atoms. The van der Waals surface area contributed by atoms with E-state index in [-0.39, 0.29) is 24.4 Å². The average Bonchev–Trinajstić information content (AvgIpc) is 2.38. The third-order valence-electron chi connectivity index (χ3n) is 2.93. The van der Waals surface area contributed by atoms with Gasteiger partial charge in [0.05, 0.1) is 13.5 Å². The molecule has 1 aromatic carbocycles. The summed E-state index contributed by atoms with van der Waals surface area (Å²) < 4.78 is 5.08. The highest BCUT2D eigenvalue weighted by molar-refractivity contribution is 5.85. The van der Waals surface area contributed by atoms with Crippen molar-refractivity contribution >= 4 is 18.3 Å². The highest BCUT2D eigenvalue weighted by atomic mass is 35.5. The number of rotatable bonds is 7. The van der Waals surface area contributed by atoms with Crippen LogP contribution in [0.5, 0.6) is 5.75 Å². The summed E-state index contributed by atoms with van der Waals surface area (Å²) in [6.07, 6.45) is 1.28. The number of hydrogen-bond acceptors (Lipinski definition) is 3. The molecule has 1 aromatic rings. The lowest BCUT2D eigenvalue weighted by Crippen LogP contribution is -2.41. The Hall–Kier alpha value is -1.26. The van der Waals surface area contributed by atoms with Crippen molar-refractivity contribution in [2.45, 2.75) is 32.7 Å². The van der Waals surface area contributed by atoms with Crippen LogP contribution in [0.25, 0.3) is 0 Å². The highest BCUT2D eigenvalue weighted by Crippen LogP contribution is 2.12. The van der Waals surface area contributed by atoms with E-state index in [0.717, 1.165) is 17.7 Å². The number of halogens is 1. The van der Waals surface area contributed by atoms with Crippen molar-refractivity contribution in [1.29, 1.82) is 0 Å². The zero-order valence-corrected chi connectivity index (χ0v) is 13.2. The Morgan fingerprint density at radius 1 is 1.30 bits per heavy atom. The van der Waals surface area contributed by atoms with Crippen LogP contribution in [0.2, 0.25) is 0 Å². The van der Waals surface area contributed by atoms with Crippen LogP contribution in [0.3, 0.4) is 0 Å². The van der Waals surface area contributed by atoms with Gasteiger partial charge >= 0.3 is 0 Å². The highest BCUT2D eigenvalue weighted by Gasteiger charge is 2.12. The van der Waals surface area contributed by atoms with Crippen LogP contribution in [0.15, 0.2) is 24.3 Å². The molecule has 0 saturated carbocycles. The Balaban J connectivity index is 0.00000361. The Morgan fingerprint density at radius 3 is 2.35 bits per heavy atom. The molecule has 0 aromatic heterocycles. The number of amides is 1. The third-order valence-corrected chi connectivity index (χ3v) is 2.93. The summed E-state index contributed by atoms with van der Waals surface area (Å²) in [6.45, 7) is 4.73. The quantitative estimate of drug-likeness (QED) is 0.811. The van der Waals surface area contributed by atoms with Gasteiger partial charge < -0.3 is 15.8 Å². The first-order valence-corrected chi connectivity index (χ1v) is 6.67. The number of ether oxygens (including phenoxy) is 1. The molecule has 0 heterocycles. The maximum Gasteiger partial charge on any atom is 0.224 e. The Morgan fingerprint density at radius 2 is 1.90 bits per heavy atom. The number of carbonyl (C=O) groups excluding carboxylic acids is 1. The summed E-state index contributed by atoms with van der Waals surface area (Å²) in [5, 5.41) is 2.98. The lowest BCUT2D eigenvalue weighted by atomic mass is 10.0. The molecule has 4 nitrogen and oxygen atoms in total. The predicted molar refractivity (Wildman–Crippen MR) is 84.4 cm³/mol. The minimum atomic E-state index is 0. The molecule has 0 aliphatic heterocycles. The topological polar surface area (TPSA) is 64.3 Å². The van der Waals surface area contributed by atoms with Crippen molar-refractivity contribution in [3.8, 4) is 5.75 Å². The Kier molecular flexibility index (Phi) is 9.01. The molecule has 0 aliphatic carbocycles. The number of benzene rings is 1. The minimum absolute atomic E-state index is 0. The van der Waals surface area contributed by atoms with Gasteiger partial charge in [0.2, 0.25) is 5.91 Å². The third kappa shape index (κ3) is 6.78. The maximum absolute atomic E-state index is 11.9. The summed E-state index contributed by atoms with van der Waals surface area (Å²) in [4.78, 5) is 11.9. The normalized spacial score (nSPS) is 11.7. The molecule has 0 saturated heterocycles. The molecule has 5 heteroatoms. The second-order valence-corrected chi connectivity index (χ2v) is 5.15. The second kappa shape index (κ2) is 9.61. The van der Waals surface area contributed by atoms with E-state index in [0.29, 0.717) is 18.9 Å². The van der Waals surface area contributed by atoms with Gasteiger partial charge in [-0.3, -0.25) is 4.79 Å². The molecule has 1 rings (SSSR count). The van der Waals surface area contributed by atoms with Gasteiger partial charge in [-0.25, -0.2) is 0 Å². The van der Waals surface area contributed by atoms with Gasteiger partial charge in [-0.2, -0.15) is 0 Å². The number of nitrogens with two attached hydrogens (primary N) is 1. The average molecular weight is 301 g/mol. The van der Waals surface area contributed by atoms with E-state index in [1.807, 2.05) is 24.3 Å². The zero-order valence-electron chi connectivity index (χ0n) is 12.4.